The van der Waals surface area contributed by atoms with Crippen LogP contribution in [0.3, 0.4) is 0 Å². The molecule has 0 spiro atoms. The molecule has 0 aliphatic rings. The number of hydrogen-bond donors (Lipinski definition) is 1. The van der Waals surface area contributed by atoms with Crippen LogP contribution in [0.15, 0.2) is 18.2 Å². The van der Waals surface area contributed by atoms with Crippen LogP contribution in [0.5, 0.6) is 5.75 Å². The summed E-state index contributed by atoms with van der Waals surface area (Å²) in [6.07, 6.45) is 0.702. The number of halogens is 1. The molecule has 2 aromatic rings. The van der Waals surface area contributed by atoms with Crippen LogP contribution in [-0.4, -0.2) is 30.9 Å². The number of hydrogen-bond acceptors (Lipinski definition) is 6. The third kappa shape index (κ3) is 6.05. The number of thiophene rings is 1. The summed E-state index contributed by atoms with van der Waals surface area (Å²) >= 11 is 7.01. The van der Waals surface area contributed by atoms with Gasteiger partial charge in [0.05, 0.1) is 23.7 Å². The summed E-state index contributed by atoms with van der Waals surface area (Å²) < 4.78 is 10.8. The molecule has 6 nitrogen and oxygen atoms in total. The van der Waals surface area contributed by atoms with E-state index in [1.165, 1.54) is 6.92 Å². The van der Waals surface area contributed by atoms with Crippen LogP contribution in [0.2, 0.25) is 5.02 Å². The number of rotatable bonds is 9. The van der Waals surface area contributed by atoms with E-state index in [-0.39, 0.29) is 30.3 Å². The van der Waals surface area contributed by atoms with Gasteiger partial charge in [-0.2, -0.15) is 0 Å². The van der Waals surface area contributed by atoms with Gasteiger partial charge in [-0.3, -0.25) is 9.59 Å². The van der Waals surface area contributed by atoms with Crippen LogP contribution in [0.4, 0.5) is 5.00 Å². The maximum atomic E-state index is 12.3. The number of anilines is 1. The van der Waals surface area contributed by atoms with E-state index in [0.29, 0.717) is 33.5 Å². The average molecular weight is 438 g/mol. The van der Waals surface area contributed by atoms with E-state index < -0.39 is 5.97 Å². The zero-order valence-corrected chi connectivity index (χ0v) is 18.5. The summed E-state index contributed by atoms with van der Waals surface area (Å²) in [5.74, 6) is -0.251. The van der Waals surface area contributed by atoms with Crippen molar-refractivity contribution < 1.29 is 23.9 Å². The zero-order valence-electron chi connectivity index (χ0n) is 16.9. The van der Waals surface area contributed by atoms with Gasteiger partial charge in [0.1, 0.15) is 10.8 Å². The molecule has 0 fully saturated rings. The second-order valence-electron chi connectivity index (χ2n) is 6.45. The Morgan fingerprint density at radius 3 is 2.55 bits per heavy atom. The quantitative estimate of drug-likeness (QED) is 0.331. The Labute approximate surface area is 179 Å². The highest BCUT2D eigenvalue weighted by Crippen LogP contribution is 2.34. The van der Waals surface area contributed by atoms with E-state index in [0.717, 1.165) is 22.6 Å². The summed E-state index contributed by atoms with van der Waals surface area (Å²) in [7, 11) is 0. The first-order chi connectivity index (χ1) is 13.7. The Kier molecular flexibility index (Phi) is 8.22. The Bertz CT molecular complexity index is 922. The number of ketones is 1. The van der Waals surface area contributed by atoms with Crippen molar-refractivity contribution in [3.63, 3.8) is 0 Å². The van der Waals surface area contributed by atoms with Gasteiger partial charge < -0.3 is 14.8 Å². The highest BCUT2D eigenvalue weighted by Gasteiger charge is 2.25. The van der Waals surface area contributed by atoms with Crippen molar-refractivity contribution in [1.82, 2.24) is 0 Å². The lowest BCUT2D eigenvalue weighted by atomic mass is 10.1. The fourth-order valence-corrected chi connectivity index (χ4v) is 4.10. The van der Waals surface area contributed by atoms with E-state index in [1.807, 2.05) is 13.0 Å². The van der Waals surface area contributed by atoms with Gasteiger partial charge in [-0.1, -0.05) is 11.6 Å². The Balaban J connectivity index is 1.98. The number of aryl methyl sites for hydroxylation is 1. The molecule has 1 N–H and O–H groups in total. The molecule has 156 valence electrons. The molecule has 1 aromatic heterocycles. The van der Waals surface area contributed by atoms with Crippen molar-refractivity contribution in [1.29, 1.82) is 0 Å². The van der Waals surface area contributed by atoms with Crippen molar-refractivity contribution in [2.24, 2.45) is 0 Å². The highest BCUT2D eigenvalue weighted by atomic mass is 35.5. The molecule has 2 rings (SSSR count). The maximum Gasteiger partial charge on any atom is 0.341 e. The van der Waals surface area contributed by atoms with Crippen LogP contribution in [0.25, 0.3) is 0 Å². The monoisotopic (exact) mass is 437 g/mol. The summed E-state index contributed by atoms with van der Waals surface area (Å²) in [5.41, 5.74) is 1.69. The third-order valence-corrected chi connectivity index (χ3v) is 5.68. The van der Waals surface area contributed by atoms with E-state index >= 15 is 0 Å². The standard InChI is InChI=1S/C21H24ClNO5S/c1-5-27-21(26)18-13(3)19(14(4)24)29-20(18)23-17(25)7-6-10-28-16-9-8-15(22)11-12(16)2/h8-9,11H,5-7,10H2,1-4H3,(H,23,25). The topological polar surface area (TPSA) is 81.7 Å². The van der Waals surface area contributed by atoms with Crippen molar-refractivity contribution in [3.8, 4) is 5.75 Å². The Morgan fingerprint density at radius 1 is 1.21 bits per heavy atom. The smallest absolute Gasteiger partial charge is 0.341 e. The predicted molar refractivity (Wildman–Crippen MR) is 115 cm³/mol. The first-order valence-electron chi connectivity index (χ1n) is 9.24. The number of carbonyl (C=O) groups excluding carboxylic acids is 3. The van der Waals surface area contributed by atoms with Crippen molar-refractivity contribution in [3.05, 3.63) is 44.8 Å². The lowest BCUT2D eigenvalue weighted by Crippen LogP contribution is -2.15. The molecule has 0 saturated carbocycles. The van der Waals surface area contributed by atoms with E-state index in [4.69, 9.17) is 21.1 Å². The SMILES string of the molecule is CCOC(=O)c1c(NC(=O)CCCOc2ccc(Cl)cc2C)sc(C(C)=O)c1C. The predicted octanol–water partition coefficient (Wildman–Crippen LogP) is 5.20. The van der Waals surface area contributed by atoms with Gasteiger partial charge in [-0.25, -0.2) is 4.79 Å². The van der Waals surface area contributed by atoms with Crippen molar-refractivity contribution in [2.45, 2.75) is 40.5 Å². The minimum Gasteiger partial charge on any atom is -0.493 e. The van der Waals surface area contributed by atoms with E-state index in [1.54, 1.807) is 26.0 Å². The first-order valence-corrected chi connectivity index (χ1v) is 10.4. The molecule has 1 heterocycles. The van der Waals surface area contributed by atoms with Crippen LogP contribution in [0.1, 0.15) is 57.8 Å². The second-order valence-corrected chi connectivity index (χ2v) is 7.90. The molecular formula is C21H24ClNO5S. The minimum absolute atomic E-state index is 0.162. The largest absolute Gasteiger partial charge is 0.493 e. The minimum atomic E-state index is -0.550. The van der Waals surface area contributed by atoms with Crippen LogP contribution in [-0.2, 0) is 9.53 Å². The van der Waals surface area contributed by atoms with Gasteiger partial charge in [-0.05, 0) is 63.4 Å². The Hall–Kier alpha value is -2.38. The number of Topliss-reactive ketones (excluding diaryl/α,β-unsaturated/α-hetero) is 1. The molecule has 0 atom stereocenters. The summed E-state index contributed by atoms with van der Waals surface area (Å²) in [4.78, 5) is 36.9. The number of esters is 1. The van der Waals surface area contributed by atoms with Crippen LogP contribution >= 0.6 is 22.9 Å². The molecule has 0 saturated heterocycles. The average Bonchev–Trinajstić information content (AvgIpc) is 2.96. The van der Waals surface area contributed by atoms with Gasteiger partial charge in [0, 0.05) is 11.4 Å². The molecule has 8 heteroatoms. The second kappa shape index (κ2) is 10.4. The fraction of sp³-hybridized carbons (Fsp3) is 0.381. The molecule has 1 amide bonds. The van der Waals surface area contributed by atoms with E-state index in [2.05, 4.69) is 5.32 Å². The van der Waals surface area contributed by atoms with Gasteiger partial charge in [0.2, 0.25) is 5.91 Å². The van der Waals surface area contributed by atoms with Crippen molar-refractivity contribution in [2.75, 3.05) is 18.5 Å². The molecule has 0 bridgehead atoms. The number of ether oxygens (including phenoxy) is 2. The lowest BCUT2D eigenvalue weighted by Gasteiger charge is -2.10. The zero-order chi connectivity index (χ0) is 21.6. The first kappa shape index (κ1) is 22.9. The van der Waals surface area contributed by atoms with Gasteiger partial charge >= 0.3 is 5.97 Å². The third-order valence-electron chi connectivity index (χ3n) is 4.14. The van der Waals surface area contributed by atoms with Crippen LogP contribution < -0.4 is 10.1 Å². The fourth-order valence-electron chi connectivity index (χ4n) is 2.77. The summed E-state index contributed by atoms with van der Waals surface area (Å²) in [6.45, 7) is 7.27. The molecule has 1 aromatic carbocycles. The Morgan fingerprint density at radius 2 is 1.93 bits per heavy atom. The van der Waals surface area contributed by atoms with Gasteiger partial charge in [0.25, 0.3) is 0 Å². The summed E-state index contributed by atoms with van der Waals surface area (Å²) in [6, 6.07) is 5.35. The molecule has 0 unspecified atom stereocenters. The van der Waals surface area contributed by atoms with Gasteiger partial charge in [0.15, 0.2) is 5.78 Å². The normalized spacial score (nSPS) is 10.5. The molecule has 29 heavy (non-hydrogen) atoms. The lowest BCUT2D eigenvalue weighted by molar-refractivity contribution is -0.116. The number of amides is 1. The summed E-state index contributed by atoms with van der Waals surface area (Å²) in [5, 5.41) is 3.72. The van der Waals surface area contributed by atoms with Crippen LogP contribution in [0, 0.1) is 13.8 Å². The molecule has 0 aliphatic heterocycles. The number of benzene rings is 1. The molecule has 0 radical (unpaired) electrons. The molecular weight excluding hydrogens is 414 g/mol. The number of nitrogens with one attached hydrogen (secondary N) is 1. The van der Waals surface area contributed by atoms with Gasteiger partial charge in [-0.15, -0.1) is 11.3 Å². The van der Waals surface area contributed by atoms with Crippen molar-refractivity contribution >= 4 is 45.6 Å². The maximum absolute atomic E-state index is 12.3. The van der Waals surface area contributed by atoms with E-state index in [9.17, 15) is 14.4 Å². The molecule has 0 aliphatic carbocycles. The number of carbonyl (C=O) groups is 3. The highest BCUT2D eigenvalue weighted by molar-refractivity contribution is 7.18.